The molecule has 1 aliphatic rings. The molecule has 1 saturated heterocycles. The number of alkyl halides is 3. The van der Waals surface area contributed by atoms with Crippen LogP contribution in [0.4, 0.5) is 13.2 Å². The Bertz CT molecular complexity index is 287. The van der Waals surface area contributed by atoms with E-state index >= 15 is 0 Å². The summed E-state index contributed by atoms with van der Waals surface area (Å²) in [4.78, 5) is 21.9. The Morgan fingerprint density at radius 3 is 2.06 bits per heavy atom. The summed E-state index contributed by atoms with van der Waals surface area (Å²) in [6.45, 7) is 0.990. The van der Waals surface area contributed by atoms with Gasteiger partial charge in [0.1, 0.15) is 0 Å². The van der Waals surface area contributed by atoms with E-state index in [1.54, 1.807) is 19.0 Å². The van der Waals surface area contributed by atoms with Gasteiger partial charge in [0.05, 0.1) is 6.04 Å². The summed E-state index contributed by atoms with van der Waals surface area (Å²) in [6, 6.07) is 0.0822. The van der Waals surface area contributed by atoms with Crippen molar-refractivity contribution in [3.8, 4) is 0 Å². The van der Waals surface area contributed by atoms with Gasteiger partial charge in [-0.3, -0.25) is 4.79 Å². The molecule has 0 aromatic rings. The van der Waals surface area contributed by atoms with Crippen LogP contribution in [0.1, 0.15) is 19.3 Å². The van der Waals surface area contributed by atoms with E-state index in [0.29, 0.717) is 0 Å². The van der Waals surface area contributed by atoms with Crippen molar-refractivity contribution in [3.63, 3.8) is 0 Å². The highest BCUT2D eigenvalue weighted by atomic mass is 19.4. The lowest BCUT2D eigenvalue weighted by atomic mass is 10.0. The zero-order valence-electron chi connectivity index (χ0n) is 10.3. The maximum Gasteiger partial charge on any atom is 0.490 e. The van der Waals surface area contributed by atoms with Crippen LogP contribution in [-0.4, -0.2) is 54.7 Å². The van der Waals surface area contributed by atoms with Gasteiger partial charge < -0.3 is 15.3 Å². The highest BCUT2D eigenvalue weighted by Crippen LogP contribution is 2.13. The lowest BCUT2D eigenvalue weighted by Gasteiger charge is -2.25. The molecule has 0 bridgehead atoms. The summed E-state index contributed by atoms with van der Waals surface area (Å²) < 4.78 is 31.7. The Kier molecular flexibility index (Phi) is 6.67. The highest BCUT2D eigenvalue weighted by molar-refractivity contribution is 5.81. The number of aliphatic carboxylic acids is 1. The lowest BCUT2D eigenvalue weighted by molar-refractivity contribution is -0.192. The number of hydrogen-bond acceptors (Lipinski definition) is 3. The van der Waals surface area contributed by atoms with Gasteiger partial charge in [-0.2, -0.15) is 13.2 Å². The van der Waals surface area contributed by atoms with Crippen LogP contribution in [0.15, 0.2) is 0 Å². The van der Waals surface area contributed by atoms with Gasteiger partial charge in [-0.15, -0.1) is 0 Å². The second-order valence-corrected chi connectivity index (χ2v) is 4.04. The standard InChI is InChI=1S/C8H16N2O.C2HF3O2/c1-10(2)8(11)7-5-3-4-6-9-7;3-2(4,5)1(6)7/h7,9H,3-6H2,1-2H3;(H,6,7)/t7-;/m0./s1. The summed E-state index contributed by atoms with van der Waals surface area (Å²) in [6.07, 6.45) is -1.70. The van der Waals surface area contributed by atoms with E-state index in [-0.39, 0.29) is 11.9 Å². The molecule has 0 saturated carbocycles. The molecule has 1 rings (SSSR count). The number of hydrogen-bond donors (Lipinski definition) is 2. The fourth-order valence-electron chi connectivity index (χ4n) is 1.37. The van der Waals surface area contributed by atoms with Gasteiger partial charge in [-0.25, -0.2) is 4.79 Å². The quantitative estimate of drug-likeness (QED) is 0.741. The molecule has 0 spiro atoms. The minimum atomic E-state index is -5.08. The molecule has 1 fully saturated rings. The SMILES string of the molecule is CN(C)C(=O)[C@@H]1CCCCN1.O=C(O)C(F)(F)F. The van der Waals surface area contributed by atoms with Crippen molar-refractivity contribution < 1.29 is 27.9 Å². The van der Waals surface area contributed by atoms with Gasteiger partial charge in [0.25, 0.3) is 0 Å². The average molecular weight is 270 g/mol. The van der Waals surface area contributed by atoms with Crippen molar-refractivity contribution in [1.82, 2.24) is 10.2 Å². The van der Waals surface area contributed by atoms with Gasteiger partial charge >= 0.3 is 12.1 Å². The van der Waals surface area contributed by atoms with Gasteiger partial charge in [-0.05, 0) is 19.4 Å². The Labute approximate surface area is 103 Å². The monoisotopic (exact) mass is 270 g/mol. The first-order chi connectivity index (χ1) is 8.16. The van der Waals surface area contributed by atoms with Crippen LogP contribution in [0.2, 0.25) is 0 Å². The number of likely N-dealkylation sites (N-methyl/N-ethyl adjacent to an activating group) is 1. The molecular weight excluding hydrogens is 253 g/mol. The fraction of sp³-hybridized carbons (Fsp3) is 0.800. The molecule has 1 amide bonds. The number of amides is 1. The zero-order chi connectivity index (χ0) is 14.3. The first kappa shape index (κ1) is 16.7. The van der Waals surface area contributed by atoms with Gasteiger partial charge in [-0.1, -0.05) is 6.42 Å². The molecule has 1 aliphatic heterocycles. The van der Waals surface area contributed by atoms with Gasteiger partial charge in [0.2, 0.25) is 5.91 Å². The normalized spacial score (nSPS) is 19.5. The van der Waals surface area contributed by atoms with Crippen molar-refractivity contribution >= 4 is 11.9 Å². The maximum absolute atomic E-state index is 11.4. The van der Waals surface area contributed by atoms with Crippen molar-refractivity contribution in [2.75, 3.05) is 20.6 Å². The molecule has 1 heterocycles. The number of halogens is 3. The largest absolute Gasteiger partial charge is 0.490 e. The second kappa shape index (κ2) is 7.20. The van der Waals surface area contributed by atoms with Gasteiger partial charge in [0, 0.05) is 14.1 Å². The number of carbonyl (C=O) groups excluding carboxylic acids is 1. The minimum Gasteiger partial charge on any atom is -0.475 e. The first-order valence-corrected chi connectivity index (χ1v) is 5.41. The number of carbonyl (C=O) groups is 2. The van der Waals surface area contributed by atoms with Crippen molar-refractivity contribution in [2.45, 2.75) is 31.5 Å². The third kappa shape index (κ3) is 6.43. The number of nitrogens with zero attached hydrogens (tertiary/aromatic N) is 1. The van der Waals surface area contributed by atoms with E-state index in [0.717, 1.165) is 13.0 Å². The average Bonchev–Trinajstić information content (AvgIpc) is 2.28. The van der Waals surface area contributed by atoms with E-state index < -0.39 is 12.1 Å². The van der Waals surface area contributed by atoms with Crippen molar-refractivity contribution in [3.05, 3.63) is 0 Å². The predicted octanol–water partition coefficient (Wildman–Crippen LogP) is 0.850. The molecule has 106 valence electrons. The van der Waals surface area contributed by atoms with E-state index in [9.17, 15) is 18.0 Å². The molecule has 5 nitrogen and oxygen atoms in total. The van der Waals surface area contributed by atoms with Crippen LogP contribution < -0.4 is 5.32 Å². The minimum absolute atomic E-state index is 0.0822. The number of nitrogens with one attached hydrogen (secondary N) is 1. The smallest absolute Gasteiger partial charge is 0.475 e. The molecule has 18 heavy (non-hydrogen) atoms. The van der Waals surface area contributed by atoms with E-state index in [1.807, 2.05) is 0 Å². The van der Waals surface area contributed by atoms with Crippen molar-refractivity contribution in [1.29, 1.82) is 0 Å². The summed E-state index contributed by atoms with van der Waals surface area (Å²) in [5, 5.41) is 10.3. The number of carboxylic acid groups (broad SMARTS) is 1. The van der Waals surface area contributed by atoms with Crippen LogP contribution in [0.5, 0.6) is 0 Å². The van der Waals surface area contributed by atoms with Gasteiger partial charge in [0.15, 0.2) is 0 Å². The van der Waals surface area contributed by atoms with Crippen LogP contribution in [0.25, 0.3) is 0 Å². The molecule has 8 heteroatoms. The maximum atomic E-state index is 11.4. The van der Waals surface area contributed by atoms with Crippen LogP contribution in [0, 0.1) is 0 Å². The molecule has 0 aromatic heterocycles. The second-order valence-electron chi connectivity index (χ2n) is 4.04. The highest BCUT2D eigenvalue weighted by Gasteiger charge is 2.38. The fourth-order valence-corrected chi connectivity index (χ4v) is 1.37. The first-order valence-electron chi connectivity index (χ1n) is 5.41. The molecule has 0 radical (unpaired) electrons. The topological polar surface area (TPSA) is 69.6 Å². The Morgan fingerprint density at radius 2 is 1.78 bits per heavy atom. The zero-order valence-corrected chi connectivity index (χ0v) is 10.3. The Hall–Kier alpha value is -1.31. The third-order valence-corrected chi connectivity index (χ3v) is 2.29. The molecule has 0 aromatic carbocycles. The van der Waals surface area contributed by atoms with Crippen LogP contribution in [-0.2, 0) is 9.59 Å². The van der Waals surface area contributed by atoms with E-state index in [1.165, 1.54) is 12.8 Å². The Balaban J connectivity index is 0.000000360. The predicted molar refractivity (Wildman–Crippen MR) is 58.0 cm³/mol. The molecule has 0 unspecified atom stereocenters. The lowest BCUT2D eigenvalue weighted by Crippen LogP contribution is -2.45. The molecular formula is C10H17F3N2O3. The van der Waals surface area contributed by atoms with Crippen molar-refractivity contribution in [2.24, 2.45) is 0 Å². The third-order valence-electron chi connectivity index (χ3n) is 2.29. The molecule has 1 atom stereocenters. The summed E-state index contributed by atoms with van der Waals surface area (Å²) in [5.41, 5.74) is 0. The number of rotatable bonds is 1. The van der Waals surface area contributed by atoms with Crippen LogP contribution in [0.3, 0.4) is 0 Å². The number of carboxylic acids is 1. The Morgan fingerprint density at radius 1 is 1.28 bits per heavy atom. The molecule has 0 aliphatic carbocycles. The number of piperidine rings is 1. The summed E-state index contributed by atoms with van der Waals surface area (Å²) in [7, 11) is 3.61. The summed E-state index contributed by atoms with van der Waals surface area (Å²) in [5.74, 6) is -2.54. The van der Waals surface area contributed by atoms with Crippen LogP contribution >= 0.6 is 0 Å². The van der Waals surface area contributed by atoms with E-state index in [4.69, 9.17) is 9.90 Å². The molecule has 2 N–H and O–H groups in total. The summed E-state index contributed by atoms with van der Waals surface area (Å²) >= 11 is 0. The van der Waals surface area contributed by atoms with E-state index in [2.05, 4.69) is 5.32 Å².